The molecule has 6 aliphatic rings. The van der Waals surface area contributed by atoms with Gasteiger partial charge in [-0.2, -0.15) is 0 Å². The SMILES string of the molecule is CN(C(=O)C1=C[C@H]2OC(C3CC3)(C3CC3)O[C@H]2[C@H](OC(=O)c2cccc(C=CC3CCC4OC4C3)c2)C1)[C@H](Cc1ccccc1)C(=O)N[C@H](CO)CCC(=O)OC(C)(C)C. The number of hydrogen-bond acceptors (Lipinski definition) is 10. The standard InChI is InChI=1S/C48H60N2O10/c1-47(2,3)59-42(52)22-20-36(28-51)49-44(53)37(24-29-9-6-5-7-10-29)50(4)45(54)33-26-40(43-41(27-33)58-48(60-43,34-16-17-34)35-18-19-35)57-46(55)32-12-8-11-30(23-32)13-14-31-15-21-38-39(25-31)56-38/h5-14,23,27,31,34-41,43,51H,15-22,24-26,28H2,1-4H3,(H,49,53)/t31?,36-,37+,38?,39?,40+,41+,43-/m0/s1. The van der Waals surface area contributed by atoms with Gasteiger partial charge in [-0.15, -0.1) is 0 Å². The van der Waals surface area contributed by atoms with E-state index in [0.717, 1.165) is 56.1 Å². The van der Waals surface area contributed by atoms with Crippen LogP contribution in [0.3, 0.4) is 0 Å². The molecule has 0 aromatic heterocycles. The molecule has 3 saturated carbocycles. The Hall–Kier alpha value is -4.36. The lowest BCUT2D eigenvalue weighted by Crippen LogP contribution is -2.53. The highest BCUT2D eigenvalue weighted by Crippen LogP contribution is 2.59. The van der Waals surface area contributed by atoms with Crippen molar-refractivity contribution in [3.05, 3.63) is 89.0 Å². The molecule has 2 heterocycles. The van der Waals surface area contributed by atoms with Gasteiger partial charge >= 0.3 is 11.9 Å². The van der Waals surface area contributed by atoms with Crippen molar-refractivity contribution in [1.82, 2.24) is 10.2 Å². The van der Waals surface area contributed by atoms with Gasteiger partial charge in [-0.05, 0) is 107 Å². The largest absolute Gasteiger partial charge is 0.460 e. The molecule has 2 amide bonds. The van der Waals surface area contributed by atoms with Gasteiger partial charge in [-0.3, -0.25) is 14.4 Å². The van der Waals surface area contributed by atoms with E-state index < -0.39 is 72.1 Å². The van der Waals surface area contributed by atoms with Gasteiger partial charge in [0.05, 0.1) is 30.4 Å². The van der Waals surface area contributed by atoms with Crippen LogP contribution >= 0.6 is 0 Å². The zero-order valence-electron chi connectivity index (χ0n) is 35.3. The highest BCUT2D eigenvalue weighted by molar-refractivity contribution is 5.97. The molecule has 12 heteroatoms. The fourth-order valence-corrected chi connectivity index (χ4v) is 9.19. The van der Waals surface area contributed by atoms with Gasteiger partial charge in [0.2, 0.25) is 11.8 Å². The average Bonchev–Trinajstić information content (AvgIpc) is 4.10. The van der Waals surface area contributed by atoms with E-state index in [-0.39, 0.29) is 37.5 Å². The summed E-state index contributed by atoms with van der Waals surface area (Å²) in [5.74, 6) is -1.65. The molecule has 4 aliphatic carbocycles. The summed E-state index contributed by atoms with van der Waals surface area (Å²) in [7, 11) is 1.59. The fraction of sp³-hybridized carbons (Fsp3) is 0.583. The van der Waals surface area contributed by atoms with Gasteiger partial charge in [0, 0.05) is 43.7 Å². The van der Waals surface area contributed by atoms with Crippen molar-refractivity contribution in [3.8, 4) is 0 Å². The molecule has 2 N–H and O–H groups in total. The first kappa shape index (κ1) is 42.3. The zero-order chi connectivity index (χ0) is 42.2. The van der Waals surface area contributed by atoms with Crippen molar-refractivity contribution in [2.24, 2.45) is 17.8 Å². The lowest BCUT2D eigenvalue weighted by molar-refractivity contribution is -0.209. The summed E-state index contributed by atoms with van der Waals surface area (Å²) in [6, 6.07) is 15.1. The van der Waals surface area contributed by atoms with Gasteiger partial charge in [0.25, 0.3) is 0 Å². The number of rotatable bonds is 16. The van der Waals surface area contributed by atoms with Crippen molar-refractivity contribution in [2.45, 2.75) is 145 Å². The number of aliphatic hydroxyl groups is 1. The molecule has 2 aromatic carbocycles. The summed E-state index contributed by atoms with van der Waals surface area (Å²) in [6.07, 6.45) is 12.5. The predicted octanol–water partition coefficient (Wildman–Crippen LogP) is 6.09. The van der Waals surface area contributed by atoms with E-state index in [4.69, 9.17) is 23.7 Å². The van der Waals surface area contributed by atoms with Crippen LogP contribution in [0.1, 0.15) is 106 Å². The van der Waals surface area contributed by atoms with Crippen LogP contribution < -0.4 is 5.32 Å². The number of amides is 2. The number of nitrogens with one attached hydrogen (secondary N) is 1. The lowest BCUT2D eigenvalue weighted by Gasteiger charge is -2.34. The molecule has 322 valence electrons. The second-order valence-corrected chi connectivity index (χ2v) is 18.7. The second kappa shape index (κ2) is 17.6. The molecule has 8 rings (SSSR count). The Bertz CT molecular complexity index is 1950. The number of likely N-dealkylation sites (N-methyl/N-ethyl adjacent to an activating group) is 1. The first-order chi connectivity index (χ1) is 28.8. The molecule has 0 bridgehead atoms. The number of nitrogens with zero attached hydrogens (tertiary/aromatic N) is 1. The third-order valence-electron chi connectivity index (χ3n) is 12.7. The summed E-state index contributed by atoms with van der Waals surface area (Å²) in [5.41, 5.74) is 1.85. The molecular formula is C48H60N2O10. The average molecular weight is 825 g/mol. The summed E-state index contributed by atoms with van der Waals surface area (Å²) < 4.78 is 31.1. The van der Waals surface area contributed by atoms with Crippen LogP contribution in [0, 0.1) is 17.8 Å². The second-order valence-electron chi connectivity index (χ2n) is 18.7. The van der Waals surface area contributed by atoms with Crippen molar-refractivity contribution >= 4 is 29.8 Å². The monoisotopic (exact) mass is 824 g/mol. The van der Waals surface area contributed by atoms with Crippen LogP contribution in [0.15, 0.2) is 72.3 Å². The van der Waals surface area contributed by atoms with E-state index >= 15 is 0 Å². The van der Waals surface area contributed by atoms with Crippen LogP contribution in [0.4, 0.5) is 0 Å². The third kappa shape index (κ3) is 10.0. The van der Waals surface area contributed by atoms with Crippen LogP contribution in [-0.2, 0) is 44.5 Å². The molecule has 2 saturated heterocycles. The van der Waals surface area contributed by atoms with Crippen molar-refractivity contribution in [3.63, 3.8) is 0 Å². The van der Waals surface area contributed by atoms with E-state index in [0.29, 0.717) is 29.3 Å². The number of ether oxygens (including phenoxy) is 5. The fourth-order valence-electron chi connectivity index (χ4n) is 9.19. The van der Waals surface area contributed by atoms with Crippen LogP contribution in [0.2, 0.25) is 0 Å². The number of epoxide rings is 1. The summed E-state index contributed by atoms with van der Waals surface area (Å²) in [5, 5.41) is 13.1. The number of aliphatic hydroxyl groups excluding tert-OH is 1. The smallest absolute Gasteiger partial charge is 0.338 e. The highest BCUT2D eigenvalue weighted by Gasteiger charge is 2.64. The number of esters is 2. The molecule has 2 aromatic rings. The molecule has 3 unspecified atom stereocenters. The minimum atomic E-state index is -0.976. The van der Waals surface area contributed by atoms with Crippen molar-refractivity contribution < 1.29 is 48.0 Å². The molecule has 0 spiro atoms. The van der Waals surface area contributed by atoms with E-state index in [2.05, 4.69) is 17.5 Å². The summed E-state index contributed by atoms with van der Waals surface area (Å²) in [6.45, 7) is 4.94. The number of fused-ring (bicyclic) bond motifs is 2. The highest BCUT2D eigenvalue weighted by atomic mass is 16.8. The number of hydrogen-bond donors (Lipinski definition) is 2. The molecule has 12 nitrogen and oxygen atoms in total. The summed E-state index contributed by atoms with van der Waals surface area (Å²) >= 11 is 0. The Morgan fingerprint density at radius 2 is 1.72 bits per heavy atom. The van der Waals surface area contributed by atoms with Gasteiger partial charge in [-0.1, -0.05) is 54.6 Å². The summed E-state index contributed by atoms with van der Waals surface area (Å²) in [4.78, 5) is 56.7. The van der Waals surface area contributed by atoms with Crippen LogP contribution in [0.5, 0.6) is 0 Å². The van der Waals surface area contributed by atoms with Crippen molar-refractivity contribution in [2.75, 3.05) is 13.7 Å². The van der Waals surface area contributed by atoms with Crippen molar-refractivity contribution in [1.29, 1.82) is 0 Å². The maximum atomic E-state index is 14.7. The Morgan fingerprint density at radius 3 is 2.40 bits per heavy atom. The van der Waals surface area contributed by atoms with Gasteiger partial charge in [0.15, 0.2) is 5.79 Å². The van der Waals surface area contributed by atoms with E-state index in [9.17, 15) is 24.3 Å². The lowest BCUT2D eigenvalue weighted by atomic mass is 9.88. The molecule has 8 atom stereocenters. The van der Waals surface area contributed by atoms with E-state index in [1.807, 2.05) is 48.5 Å². The van der Waals surface area contributed by atoms with Crippen LogP contribution in [-0.4, -0.2) is 101 Å². The topological polar surface area (TPSA) is 153 Å². The first-order valence-electron chi connectivity index (χ1n) is 21.9. The zero-order valence-corrected chi connectivity index (χ0v) is 35.3. The molecule has 60 heavy (non-hydrogen) atoms. The minimum Gasteiger partial charge on any atom is -0.460 e. The molecule has 0 radical (unpaired) electrons. The Labute approximate surface area is 353 Å². The first-order valence-corrected chi connectivity index (χ1v) is 21.9. The molecule has 2 aliphatic heterocycles. The number of benzene rings is 2. The Balaban J connectivity index is 1.00. The van der Waals surface area contributed by atoms with Gasteiger partial charge in [-0.25, -0.2) is 4.79 Å². The normalized spacial score (nSPS) is 27.8. The quantitative estimate of drug-likeness (QED) is 0.150. The van der Waals surface area contributed by atoms with E-state index in [1.165, 1.54) is 4.90 Å². The van der Waals surface area contributed by atoms with E-state index in [1.54, 1.807) is 40.0 Å². The Morgan fingerprint density at radius 1 is 0.967 bits per heavy atom. The maximum absolute atomic E-state index is 14.7. The molecule has 5 fully saturated rings. The third-order valence-corrected chi connectivity index (χ3v) is 12.7. The van der Waals surface area contributed by atoms with Gasteiger partial charge in [0.1, 0.15) is 30.0 Å². The Kier molecular flexibility index (Phi) is 12.4. The molecular weight excluding hydrogens is 765 g/mol. The van der Waals surface area contributed by atoms with Gasteiger partial charge < -0.3 is 39.0 Å². The minimum absolute atomic E-state index is 0.000251. The number of allylic oxidation sites excluding steroid dienone is 1. The predicted molar refractivity (Wildman–Crippen MR) is 222 cm³/mol. The maximum Gasteiger partial charge on any atom is 0.338 e. The number of carbonyl (C=O) groups is 4. The van der Waals surface area contributed by atoms with Crippen LogP contribution in [0.25, 0.3) is 6.08 Å². The number of carbonyl (C=O) groups excluding carboxylic acids is 4.